The Balaban J connectivity index is 2.02. The molecule has 0 aromatic heterocycles. The molecule has 136 valence electrons. The van der Waals surface area contributed by atoms with Crippen molar-refractivity contribution in [3.63, 3.8) is 0 Å². The predicted molar refractivity (Wildman–Crippen MR) is 96.0 cm³/mol. The maximum Gasteiger partial charge on any atom is 0.313 e. The van der Waals surface area contributed by atoms with Crippen LogP contribution in [0, 0.1) is 0 Å². The van der Waals surface area contributed by atoms with Crippen molar-refractivity contribution in [2.24, 2.45) is 5.73 Å². The molecule has 0 unspecified atom stereocenters. The van der Waals surface area contributed by atoms with E-state index in [1.54, 1.807) is 12.1 Å². The van der Waals surface area contributed by atoms with Gasteiger partial charge in [-0.1, -0.05) is 61.4 Å². The third kappa shape index (κ3) is 3.88. The molecule has 0 spiro atoms. The minimum absolute atomic E-state index is 0.0160. The zero-order valence-electron chi connectivity index (χ0n) is 21.5. The Hall–Kier alpha value is -2.80. The Bertz CT molecular complexity index is 1300. The first-order chi connectivity index (χ1) is 15.6. The molecule has 0 bridgehead atoms. The van der Waals surface area contributed by atoms with Crippen molar-refractivity contribution in [2.75, 3.05) is 0 Å². The van der Waals surface area contributed by atoms with Crippen LogP contribution in [0.25, 0.3) is 0 Å². The lowest BCUT2D eigenvalue weighted by molar-refractivity contribution is -0.123. The lowest BCUT2D eigenvalue weighted by Crippen LogP contribution is -2.16. The molecule has 6 nitrogen and oxygen atoms in total. The van der Waals surface area contributed by atoms with E-state index >= 15 is 0 Å². The average Bonchev–Trinajstić information content (AvgIpc) is 2.99. The quantitative estimate of drug-likeness (QED) is 0.773. The first-order valence-electron chi connectivity index (χ1n) is 11.4. The van der Waals surface area contributed by atoms with Gasteiger partial charge in [0, 0.05) is 5.56 Å². The molecule has 0 fully saturated rings. The van der Waals surface area contributed by atoms with Crippen LogP contribution in [-0.4, -0.2) is 14.2 Å². The van der Waals surface area contributed by atoms with E-state index in [1.807, 2.05) is 6.92 Å². The van der Waals surface area contributed by atoms with Gasteiger partial charge in [0.15, 0.2) is 6.08 Å². The number of rotatable bonds is 6. The van der Waals surface area contributed by atoms with E-state index in [9.17, 15) is 13.2 Å². The summed E-state index contributed by atoms with van der Waals surface area (Å²) in [5.74, 6) is -3.37. The first kappa shape index (κ1) is 10.4. The lowest BCUT2D eigenvalue weighted by atomic mass is 10.0. The number of ether oxygens (including phenoxy) is 1. The second kappa shape index (κ2) is 7.21. The van der Waals surface area contributed by atoms with Crippen LogP contribution < -0.4 is 5.73 Å². The van der Waals surface area contributed by atoms with Crippen LogP contribution in [-0.2, 0) is 36.0 Å². The molecule has 2 N–H and O–H groups in total. The van der Waals surface area contributed by atoms with Crippen LogP contribution in [0.5, 0.6) is 0 Å². The van der Waals surface area contributed by atoms with Gasteiger partial charge < -0.3 is 14.7 Å². The maximum atomic E-state index is 12.9. The van der Waals surface area contributed by atoms with E-state index in [1.165, 1.54) is 12.1 Å². The minimum atomic E-state index is -5.55. The molecule has 1 atom stereocenters. The van der Waals surface area contributed by atoms with Crippen molar-refractivity contribution in [2.45, 2.75) is 25.1 Å². The standard InChI is InChI=1S/C19H19NO5S/c1-2-13-8-10-15(11-9-13)17-16(21)18(19(20)24-17)25-26(22,23)12-14-6-4-3-5-7-14/h3-11,17H,2,12,20H2,1H3/t17-/m1/s1/i3D,4D,5D,6D,7D,12D2,17D. The summed E-state index contributed by atoms with van der Waals surface area (Å²) in [6, 6.07) is 1.10. The average molecular weight is 381 g/mol. The second-order valence-corrected chi connectivity index (χ2v) is 6.42. The fourth-order valence-electron chi connectivity index (χ4n) is 2.13. The number of Topliss-reactive ketones (excluding diaryl/α,β-unsaturated/α-hetero) is 1. The third-order valence-electron chi connectivity index (χ3n) is 3.39. The van der Waals surface area contributed by atoms with Gasteiger partial charge in [0.05, 0.1) is 11.0 Å². The van der Waals surface area contributed by atoms with E-state index < -0.39 is 75.1 Å². The number of aryl methyl sites for hydroxylation is 1. The van der Waals surface area contributed by atoms with Gasteiger partial charge in [0.2, 0.25) is 17.4 Å². The molecule has 0 saturated carbocycles. The predicted octanol–water partition coefficient (Wildman–Crippen LogP) is 2.56. The smallest absolute Gasteiger partial charge is 0.313 e. The Labute approximate surface area is 163 Å². The SMILES string of the molecule is [2H]c1c([2H])c([2H])c(C([2H])([2H])S(=O)(=O)OC2=C(N)O[C@]([2H])(c3ccc(CC)cc3)C2=O)c([2H])c1[2H]. The summed E-state index contributed by atoms with van der Waals surface area (Å²) in [7, 11) is -5.55. The summed E-state index contributed by atoms with van der Waals surface area (Å²) in [5, 5.41) is 0. The molecule has 1 aliphatic heterocycles. The maximum absolute atomic E-state index is 12.9. The number of benzene rings is 2. The Morgan fingerprint density at radius 2 is 1.88 bits per heavy atom. The highest BCUT2D eigenvalue weighted by Gasteiger charge is 2.39. The molecule has 3 rings (SSSR count). The second-order valence-electron chi connectivity index (χ2n) is 5.14. The molecule has 2 aromatic carbocycles. The van der Waals surface area contributed by atoms with Crippen LogP contribution in [0.15, 0.2) is 66.1 Å². The third-order valence-corrected chi connectivity index (χ3v) is 4.23. The number of nitrogens with two attached hydrogens (primary N) is 1. The fraction of sp³-hybridized carbons (Fsp3) is 0.211. The summed E-state index contributed by atoms with van der Waals surface area (Å²) in [6.07, 6.45) is -1.82. The van der Waals surface area contributed by atoms with Gasteiger partial charge in [-0.2, -0.15) is 8.42 Å². The summed E-state index contributed by atoms with van der Waals surface area (Å²) in [6.45, 7) is 1.89. The van der Waals surface area contributed by atoms with Crippen LogP contribution in [0.4, 0.5) is 0 Å². The normalized spacial score (nSPS) is 25.0. The molecule has 1 aliphatic rings. The number of hydrogen-bond acceptors (Lipinski definition) is 6. The molecule has 7 heteroatoms. The number of ketones is 1. The molecule has 0 amide bonds. The van der Waals surface area contributed by atoms with Gasteiger partial charge in [-0.05, 0) is 17.5 Å². The van der Waals surface area contributed by atoms with Gasteiger partial charge in [0.1, 0.15) is 5.70 Å². The zero-order chi connectivity index (χ0) is 25.8. The highest BCUT2D eigenvalue weighted by molar-refractivity contribution is 7.86. The number of carbonyl (C=O) groups is 1. The van der Waals surface area contributed by atoms with Crippen LogP contribution in [0.2, 0.25) is 0 Å². The number of carbonyl (C=O) groups excluding carboxylic acids is 1. The van der Waals surface area contributed by atoms with Gasteiger partial charge in [0.25, 0.3) is 0 Å². The molecule has 0 saturated heterocycles. The highest BCUT2D eigenvalue weighted by Crippen LogP contribution is 2.32. The lowest BCUT2D eigenvalue weighted by Gasteiger charge is -2.10. The monoisotopic (exact) mass is 381 g/mol. The summed E-state index contributed by atoms with van der Waals surface area (Å²) >= 11 is 0. The Morgan fingerprint density at radius 1 is 1.23 bits per heavy atom. The van der Waals surface area contributed by atoms with E-state index in [2.05, 4.69) is 4.18 Å². The summed E-state index contributed by atoms with van der Waals surface area (Å²) < 4.78 is 98.5. The van der Waals surface area contributed by atoms with E-state index in [0.717, 1.165) is 5.56 Å². The van der Waals surface area contributed by atoms with Gasteiger partial charge in [-0.25, -0.2) is 0 Å². The van der Waals surface area contributed by atoms with Gasteiger partial charge in [-0.15, -0.1) is 0 Å². The Morgan fingerprint density at radius 3 is 2.50 bits per heavy atom. The first-order valence-corrected chi connectivity index (χ1v) is 8.85. The topological polar surface area (TPSA) is 95.7 Å². The van der Waals surface area contributed by atoms with E-state index in [-0.39, 0.29) is 5.56 Å². The molecule has 0 aliphatic carbocycles. The highest BCUT2D eigenvalue weighted by atomic mass is 32.2. The molecule has 1 heterocycles. The van der Waals surface area contributed by atoms with Crippen LogP contribution >= 0.6 is 0 Å². The van der Waals surface area contributed by atoms with Crippen molar-refractivity contribution >= 4 is 15.9 Å². The van der Waals surface area contributed by atoms with Crippen molar-refractivity contribution < 1.29 is 33.1 Å². The van der Waals surface area contributed by atoms with Crippen molar-refractivity contribution in [1.82, 2.24) is 0 Å². The molecular weight excluding hydrogens is 354 g/mol. The molecular formula is C19H19NO5S. The molecule has 2 aromatic rings. The molecule has 26 heavy (non-hydrogen) atoms. The van der Waals surface area contributed by atoms with Crippen LogP contribution in [0.3, 0.4) is 0 Å². The number of hydrogen-bond donors (Lipinski definition) is 1. The van der Waals surface area contributed by atoms with Crippen molar-refractivity contribution in [3.05, 3.63) is 82.8 Å². The van der Waals surface area contributed by atoms with Gasteiger partial charge in [-0.3, -0.25) is 4.79 Å². The van der Waals surface area contributed by atoms with E-state index in [4.69, 9.17) is 21.4 Å². The van der Waals surface area contributed by atoms with E-state index in [0.29, 0.717) is 6.42 Å². The van der Waals surface area contributed by atoms with Crippen molar-refractivity contribution in [3.8, 4) is 0 Å². The molecule has 0 radical (unpaired) electrons. The summed E-state index contributed by atoms with van der Waals surface area (Å²) in [4.78, 5) is 12.9. The summed E-state index contributed by atoms with van der Waals surface area (Å²) in [5.41, 5.74) is 1.59. The zero-order valence-corrected chi connectivity index (χ0v) is 14.4. The minimum Gasteiger partial charge on any atom is -0.460 e. The largest absolute Gasteiger partial charge is 0.460 e. The Kier molecular flexibility index (Phi) is 2.88. The fourth-order valence-corrected chi connectivity index (χ4v) is 2.91. The van der Waals surface area contributed by atoms with Gasteiger partial charge >= 0.3 is 10.1 Å². The van der Waals surface area contributed by atoms with Crippen LogP contribution in [0.1, 0.15) is 40.7 Å². The van der Waals surface area contributed by atoms with Crippen molar-refractivity contribution in [1.29, 1.82) is 0 Å².